The number of nitrogens with one attached hydrogen (secondary N) is 2. The fourth-order valence-corrected chi connectivity index (χ4v) is 2.04. The molecule has 100 valence electrons. The van der Waals surface area contributed by atoms with Gasteiger partial charge in [0.15, 0.2) is 0 Å². The molecule has 0 amide bonds. The van der Waals surface area contributed by atoms with Crippen molar-refractivity contribution in [1.29, 1.82) is 0 Å². The molecular weight excluding hydrogens is 228 g/mol. The minimum atomic E-state index is 0.460. The third-order valence-electron chi connectivity index (χ3n) is 2.99. The summed E-state index contributed by atoms with van der Waals surface area (Å²) in [6, 6.07) is 2.26. The van der Waals surface area contributed by atoms with Gasteiger partial charge in [-0.2, -0.15) is 4.98 Å². The highest BCUT2D eigenvalue weighted by molar-refractivity contribution is 5.28. The van der Waals surface area contributed by atoms with E-state index in [1.54, 1.807) is 12.3 Å². The molecule has 0 aromatic carbocycles. The molecule has 1 aromatic heterocycles. The van der Waals surface area contributed by atoms with E-state index in [2.05, 4.69) is 27.5 Å². The topological polar surface area (TPSA) is 59.1 Å². The maximum atomic E-state index is 5.51. The molecule has 5 nitrogen and oxygen atoms in total. The van der Waals surface area contributed by atoms with E-state index in [1.165, 1.54) is 6.42 Å². The second-order valence-electron chi connectivity index (χ2n) is 4.59. The smallest absolute Gasteiger partial charge is 0.226 e. The van der Waals surface area contributed by atoms with Crippen molar-refractivity contribution in [1.82, 2.24) is 15.3 Å². The van der Waals surface area contributed by atoms with Gasteiger partial charge in [-0.3, -0.25) is 0 Å². The van der Waals surface area contributed by atoms with Gasteiger partial charge in [0.05, 0.1) is 6.61 Å². The van der Waals surface area contributed by atoms with Crippen molar-refractivity contribution in [2.75, 3.05) is 25.0 Å². The van der Waals surface area contributed by atoms with Crippen molar-refractivity contribution < 1.29 is 4.74 Å². The van der Waals surface area contributed by atoms with Gasteiger partial charge in [-0.15, -0.1) is 0 Å². The molecule has 5 heteroatoms. The van der Waals surface area contributed by atoms with Crippen molar-refractivity contribution in [2.24, 2.45) is 0 Å². The second kappa shape index (κ2) is 7.16. The summed E-state index contributed by atoms with van der Waals surface area (Å²) in [5.41, 5.74) is 0. The lowest BCUT2D eigenvalue weighted by Gasteiger charge is -2.16. The van der Waals surface area contributed by atoms with Crippen LogP contribution >= 0.6 is 0 Å². The van der Waals surface area contributed by atoms with E-state index in [9.17, 15) is 0 Å². The van der Waals surface area contributed by atoms with Crippen LogP contribution in [0.5, 0.6) is 5.88 Å². The van der Waals surface area contributed by atoms with E-state index in [0.717, 1.165) is 32.4 Å². The van der Waals surface area contributed by atoms with Crippen LogP contribution in [-0.4, -0.2) is 35.7 Å². The van der Waals surface area contributed by atoms with Crippen LogP contribution in [0.4, 0.5) is 5.95 Å². The molecule has 2 heterocycles. The van der Waals surface area contributed by atoms with Crippen LogP contribution < -0.4 is 15.4 Å². The Hall–Kier alpha value is -1.36. The first-order valence-corrected chi connectivity index (χ1v) is 6.81. The highest BCUT2D eigenvalue weighted by atomic mass is 16.5. The number of hydrogen-bond donors (Lipinski definition) is 2. The zero-order valence-electron chi connectivity index (χ0n) is 11.0. The number of rotatable bonds is 5. The molecule has 18 heavy (non-hydrogen) atoms. The summed E-state index contributed by atoms with van der Waals surface area (Å²) in [6.45, 7) is 4.95. The maximum absolute atomic E-state index is 5.51. The SMILES string of the molecule is CCCOc1ccnc(NC2CCCNCC2)n1. The molecule has 1 saturated heterocycles. The van der Waals surface area contributed by atoms with Crippen LogP contribution in [0.25, 0.3) is 0 Å². The van der Waals surface area contributed by atoms with Gasteiger partial charge in [-0.1, -0.05) is 6.92 Å². The molecule has 1 unspecified atom stereocenters. The first-order chi connectivity index (χ1) is 8.88. The third kappa shape index (κ3) is 4.14. The summed E-state index contributed by atoms with van der Waals surface area (Å²) >= 11 is 0. The van der Waals surface area contributed by atoms with Crippen molar-refractivity contribution in [3.63, 3.8) is 0 Å². The number of nitrogens with zero attached hydrogens (tertiary/aromatic N) is 2. The van der Waals surface area contributed by atoms with E-state index < -0.39 is 0 Å². The van der Waals surface area contributed by atoms with E-state index in [1.807, 2.05) is 0 Å². The van der Waals surface area contributed by atoms with E-state index in [4.69, 9.17) is 4.74 Å². The van der Waals surface area contributed by atoms with Crippen molar-refractivity contribution in [3.8, 4) is 5.88 Å². The molecule has 0 bridgehead atoms. The highest BCUT2D eigenvalue weighted by Gasteiger charge is 2.12. The summed E-state index contributed by atoms with van der Waals surface area (Å²) in [7, 11) is 0. The van der Waals surface area contributed by atoms with Gasteiger partial charge in [0.1, 0.15) is 0 Å². The normalized spacial score (nSPS) is 20.2. The molecule has 1 aliphatic rings. The van der Waals surface area contributed by atoms with Crippen molar-refractivity contribution in [2.45, 2.75) is 38.6 Å². The fraction of sp³-hybridized carbons (Fsp3) is 0.692. The standard InChI is InChI=1S/C13H22N4O/c1-2-10-18-12-6-9-15-13(17-12)16-11-4-3-7-14-8-5-11/h6,9,11,14H,2-5,7-8,10H2,1H3,(H,15,16,17). The summed E-state index contributed by atoms with van der Waals surface area (Å²) in [5, 5.41) is 6.79. The molecule has 2 rings (SSSR count). The first kappa shape index (κ1) is 13.1. The highest BCUT2D eigenvalue weighted by Crippen LogP contribution is 2.13. The number of aromatic nitrogens is 2. The Kier molecular flexibility index (Phi) is 5.20. The average Bonchev–Trinajstić information content (AvgIpc) is 2.65. The Balaban J connectivity index is 1.91. The van der Waals surface area contributed by atoms with Gasteiger partial charge < -0.3 is 15.4 Å². The minimum Gasteiger partial charge on any atom is -0.478 e. The second-order valence-corrected chi connectivity index (χ2v) is 4.59. The zero-order valence-corrected chi connectivity index (χ0v) is 11.0. The monoisotopic (exact) mass is 250 g/mol. The van der Waals surface area contributed by atoms with Crippen molar-refractivity contribution in [3.05, 3.63) is 12.3 Å². The Morgan fingerprint density at radius 1 is 1.44 bits per heavy atom. The van der Waals surface area contributed by atoms with E-state index >= 15 is 0 Å². The van der Waals surface area contributed by atoms with Crippen LogP contribution in [0.2, 0.25) is 0 Å². The maximum Gasteiger partial charge on any atom is 0.226 e. The predicted molar refractivity (Wildman–Crippen MR) is 71.9 cm³/mol. The number of anilines is 1. The van der Waals surface area contributed by atoms with Gasteiger partial charge in [-0.05, 0) is 38.8 Å². The molecule has 0 spiro atoms. The van der Waals surface area contributed by atoms with E-state index in [-0.39, 0.29) is 0 Å². The summed E-state index contributed by atoms with van der Waals surface area (Å²) in [4.78, 5) is 8.62. The summed E-state index contributed by atoms with van der Waals surface area (Å²) < 4.78 is 5.51. The molecule has 1 aromatic rings. The molecule has 1 fully saturated rings. The lowest BCUT2D eigenvalue weighted by molar-refractivity contribution is 0.305. The Bertz CT molecular complexity index is 351. The number of ether oxygens (including phenoxy) is 1. The largest absolute Gasteiger partial charge is 0.478 e. The van der Waals surface area contributed by atoms with Gasteiger partial charge in [0.25, 0.3) is 0 Å². The summed E-state index contributed by atoms with van der Waals surface area (Å²) in [5.74, 6) is 1.33. The van der Waals surface area contributed by atoms with Crippen LogP contribution in [0.3, 0.4) is 0 Å². The molecule has 0 saturated carbocycles. The van der Waals surface area contributed by atoms with Crippen LogP contribution in [0.1, 0.15) is 32.6 Å². The Morgan fingerprint density at radius 2 is 2.39 bits per heavy atom. The van der Waals surface area contributed by atoms with Crippen LogP contribution in [0, 0.1) is 0 Å². The number of hydrogen-bond acceptors (Lipinski definition) is 5. The van der Waals surface area contributed by atoms with Gasteiger partial charge >= 0.3 is 0 Å². The van der Waals surface area contributed by atoms with Gasteiger partial charge in [0.2, 0.25) is 11.8 Å². The molecule has 0 radical (unpaired) electrons. The Morgan fingerprint density at radius 3 is 3.28 bits per heavy atom. The molecular formula is C13H22N4O. The molecule has 2 N–H and O–H groups in total. The predicted octanol–water partition coefficient (Wildman–Crippen LogP) is 1.82. The van der Waals surface area contributed by atoms with Crippen LogP contribution in [-0.2, 0) is 0 Å². The van der Waals surface area contributed by atoms with E-state index in [0.29, 0.717) is 24.5 Å². The molecule has 1 aliphatic heterocycles. The zero-order chi connectivity index (χ0) is 12.6. The molecule has 1 atom stereocenters. The fourth-order valence-electron chi connectivity index (χ4n) is 2.04. The van der Waals surface area contributed by atoms with Crippen molar-refractivity contribution >= 4 is 5.95 Å². The third-order valence-corrected chi connectivity index (χ3v) is 2.99. The lowest BCUT2D eigenvalue weighted by Crippen LogP contribution is -2.22. The van der Waals surface area contributed by atoms with Gasteiger partial charge in [-0.25, -0.2) is 4.98 Å². The summed E-state index contributed by atoms with van der Waals surface area (Å²) in [6.07, 6.45) is 6.21. The molecule has 0 aliphatic carbocycles. The first-order valence-electron chi connectivity index (χ1n) is 6.81. The quantitative estimate of drug-likeness (QED) is 0.834. The lowest BCUT2D eigenvalue weighted by atomic mass is 10.1. The Labute approximate surface area is 108 Å². The minimum absolute atomic E-state index is 0.460. The van der Waals surface area contributed by atoms with Crippen LogP contribution in [0.15, 0.2) is 12.3 Å². The average molecular weight is 250 g/mol. The van der Waals surface area contributed by atoms with Gasteiger partial charge in [0, 0.05) is 18.3 Å².